The highest BCUT2D eigenvalue weighted by atomic mass is 16.3. The quantitative estimate of drug-likeness (QED) is 0.556. The van der Waals surface area contributed by atoms with Crippen LogP contribution in [0.2, 0.25) is 0 Å². The summed E-state index contributed by atoms with van der Waals surface area (Å²) in [7, 11) is 2.86. The van der Waals surface area contributed by atoms with Crippen molar-refractivity contribution < 1.29 is 5.11 Å². The van der Waals surface area contributed by atoms with Crippen LogP contribution in [0.4, 0.5) is 0 Å². The maximum atomic E-state index is 13.3. The van der Waals surface area contributed by atoms with Gasteiger partial charge >= 0.3 is 5.69 Å². The first-order valence-corrected chi connectivity index (χ1v) is 9.24. The maximum absolute atomic E-state index is 13.3. The Labute approximate surface area is 164 Å². The molecule has 1 aromatic carbocycles. The monoisotopic (exact) mass is 395 g/mol. The molecule has 0 unspecified atom stereocenters. The minimum absolute atomic E-state index is 0.0387. The summed E-state index contributed by atoms with van der Waals surface area (Å²) in [5.41, 5.74) is -0.680. The van der Waals surface area contributed by atoms with Crippen LogP contribution < -0.4 is 16.8 Å². The lowest BCUT2D eigenvalue weighted by atomic mass is 10.1. The van der Waals surface area contributed by atoms with Gasteiger partial charge in [0.15, 0.2) is 11.2 Å². The zero-order valence-corrected chi connectivity index (χ0v) is 16.6. The SMILES string of the molecule is CC(C)Cc1c(O)n2c3c(=O)n(C)c(=O)n(C)c3nc2n(-c2ccccc2)c1=O. The second-order valence-corrected chi connectivity index (χ2v) is 7.50. The smallest absolute Gasteiger partial charge is 0.332 e. The summed E-state index contributed by atoms with van der Waals surface area (Å²) in [5.74, 6) is -0.166. The van der Waals surface area contributed by atoms with Gasteiger partial charge in [0.25, 0.3) is 11.1 Å². The van der Waals surface area contributed by atoms with E-state index in [0.717, 1.165) is 4.57 Å². The molecule has 0 saturated heterocycles. The van der Waals surface area contributed by atoms with E-state index in [4.69, 9.17) is 0 Å². The third-order valence-electron chi connectivity index (χ3n) is 5.01. The summed E-state index contributed by atoms with van der Waals surface area (Å²) in [6.45, 7) is 3.87. The molecule has 1 N–H and O–H groups in total. The average molecular weight is 395 g/mol. The highest BCUT2D eigenvalue weighted by Crippen LogP contribution is 2.24. The van der Waals surface area contributed by atoms with Crippen LogP contribution in [0.5, 0.6) is 5.88 Å². The maximum Gasteiger partial charge on any atom is 0.332 e. The van der Waals surface area contributed by atoms with Crippen molar-refractivity contribution in [3.8, 4) is 11.6 Å². The molecule has 9 nitrogen and oxygen atoms in total. The van der Waals surface area contributed by atoms with Gasteiger partial charge in [-0.05, 0) is 24.5 Å². The number of imidazole rings is 1. The van der Waals surface area contributed by atoms with Crippen molar-refractivity contribution in [1.82, 2.24) is 23.1 Å². The fraction of sp³-hybridized carbons (Fsp3) is 0.300. The fourth-order valence-electron chi connectivity index (χ4n) is 3.59. The lowest BCUT2D eigenvalue weighted by molar-refractivity contribution is 0.431. The molecule has 9 heteroatoms. The van der Waals surface area contributed by atoms with Crippen molar-refractivity contribution in [2.75, 3.05) is 0 Å². The van der Waals surface area contributed by atoms with Gasteiger partial charge in [-0.1, -0.05) is 32.0 Å². The summed E-state index contributed by atoms with van der Waals surface area (Å²) in [6, 6.07) is 8.88. The fourth-order valence-corrected chi connectivity index (χ4v) is 3.59. The number of fused-ring (bicyclic) bond motifs is 3. The van der Waals surface area contributed by atoms with E-state index in [2.05, 4.69) is 4.98 Å². The Morgan fingerprint density at radius 3 is 2.28 bits per heavy atom. The lowest BCUT2D eigenvalue weighted by Gasteiger charge is -2.14. The molecule has 0 saturated carbocycles. The molecule has 0 aliphatic heterocycles. The topological polar surface area (TPSA) is 104 Å². The van der Waals surface area contributed by atoms with Crippen molar-refractivity contribution in [1.29, 1.82) is 0 Å². The number of aryl methyl sites for hydroxylation is 1. The van der Waals surface area contributed by atoms with Gasteiger partial charge in [0, 0.05) is 14.1 Å². The van der Waals surface area contributed by atoms with Crippen LogP contribution in [0.1, 0.15) is 19.4 Å². The molecule has 0 amide bonds. The molecule has 0 aliphatic rings. The standard InChI is InChI=1S/C20H21N5O4/c1-11(2)10-13-16(26)24(12-8-6-5-7-9-12)19-21-15-14(25(19)17(13)27)18(28)23(4)20(29)22(15)3/h5-9,11,27H,10H2,1-4H3. The van der Waals surface area contributed by atoms with Crippen LogP contribution in [0, 0.1) is 5.92 Å². The highest BCUT2D eigenvalue weighted by Gasteiger charge is 2.25. The van der Waals surface area contributed by atoms with Crippen LogP contribution in [-0.4, -0.2) is 28.2 Å². The molecule has 0 radical (unpaired) electrons. The van der Waals surface area contributed by atoms with E-state index in [1.807, 2.05) is 19.9 Å². The molecule has 0 bridgehead atoms. The highest BCUT2D eigenvalue weighted by molar-refractivity contribution is 5.77. The molecular weight excluding hydrogens is 374 g/mol. The van der Waals surface area contributed by atoms with Crippen molar-refractivity contribution in [2.24, 2.45) is 20.0 Å². The van der Waals surface area contributed by atoms with Crippen LogP contribution >= 0.6 is 0 Å². The van der Waals surface area contributed by atoms with Crippen molar-refractivity contribution in [2.45, 2.75) is 20.3 Å². The number of benzene rings is 1. The molecule has 3 heterocycles. The summed E-state index contributed by atoms with van der Waals surface area (Å²) in [6.07, 6.45) is 0.319. The van der Waals surface area contributed by atoms with Crippen LogP contribution in [0.15, 0.2) is 44.7 Å². The first kappa shape index (κ1) is 18.7. The molecule has 29 heavy (non-hydrogen) atoms. The van der Waals surface area contributed by atoms with Gasteiger partial charge in [0.2, 0.25) is 11.7 Å². The molecule has 0 atom stereocenters. The third-order valence-corrected chi connectivity index (χ3v) is 5.01. The predicted octanol–water partition coefficient (Wildman–Crippen LogP) is 0.940. The van der Waals surface area contributed by atoms with Crippen molar-refractivity contribution >= 4 is 16.9 Å². The summed E-state index contributed by atoms with van der Waals surface area (Å²) in [4.78, 5) is 43.0. The molecule has 0 spiro atoms. The van der Waals surface area contributed by atoms with Crippen molar-refractivity contribution in [3.63, 3.8) is 0 Å². The first-order valence-electron chi connectivity index (χ1n) is 9.24. The molecular formula is C20H21N5O4. The van der Waals surface area contributed by atoms with E-state index in [1.54, 1.807) is 24.3 Å². The second-order valence-electron chi connectivity index (χ2n) is 7.50. The summed E-state index contributed by atoms with van der Waals surface area (Å²) >= 11 is 0. The summed E-state index contributed by atoms with van der Waals surface area (Å²) < 4.78 is 4.81. The van der Waals surface area contributed by atoms with Crippen molar-refractivity contribution in [3.05, 3.63) is 67.1 Å². The van der Waals surface area contributed by atoms with Gasteiger partial charge in [-0.3, -0.25) is 18.7 Å². The number of hydrogen-bond donors (Lipinski definition) is 1. The number of aromatic nitrogens is 5. The molecule has 150 valence electrons. The van der Waals surface area contributed by atoms with Gasteiger partial charge in [0.1, 0.15) is 0 Å². The Hall–Kier alpha value is -3.62. The van der Waals surface area contributed by atoms with E-state index in [-0.39, 0.29) is 34.3 Å². The zero-order valence-electron chi connectivity index (χ0n) is 16.6. The number of hydrogen-bond acceptors (Lipinski definition) is 5. The van der Waals surface area contributed by atoms with Crippen LogP contribution in [0.25, 0.3) is 22.6 Å². The first-order chi connectivity index (χ1) is 13.7. The number of aromatic hydroxyl groups is 1. The number of nitrogens with zero attached hydrogens (tertiary/aromatic N) is 5. The molecule has 0 aliphatic carbocycles. The van der Waals surface area contributed by atoms with Gasteiger partial charge in [0.05, 0.1) is 11.3 Å². The molecule has 4 rings (SSSR count). The Balaban J connectivity index is 2.34. The van der Waals surface area contributed by atoms with Gasteiger partial charge in [-0.15, -0.1) is 0 Å². The van der Waals surface area contributed by atoms with E-state index in [0.29, 0.717) is 12.1 Å². The van der Waals surface area contributed by atoms with E-state index < -0.39 is 16.8 Å². The predicted molar refractivity (Wildman–Crippen MR) is 109 cm³/mol. The van der Waals surface area contributed by atoms with E-state index in [1.165, 1.54) is 27.6 Å². The Bertz CT molecular complexity index is 1440. The summed E-state index contributed by atoms with van der Waals surface area (Å²) in [5, 5.41) is 11.0. The second kappa shape index (κ2) is 6.47. The van der Waals surface area contributed by atoms with Gasteiger partial charge in [-0.2, -0.15) is 4.98 Å². The Morgan fingerprint density at radius 2 is 1.66 bits per heavy atom. The lowest BCUT2D eigenvalue weighted by Crippen LogP contribution is -2.37. The van der Waals surface area contributed by atoms with Gasteiger partial charge in [-0.25, -0.2) is 13.8 Å². The minimum atomic E-state index is -0.598. The number of rotatable bonds is 3. The van der Waals surface area contributed by atoms with Gasteiger partial charge < -0.3 is 5.11 Å². The third kappa shape index (κ3) is 2.61. The molecule has 0 fully saturated rings. The molecule has 3 aromatic heterocycles. The normalized spacial score (nSPS) is 11.8. The Morgan fingerprint density at radius 1 is 1.00 bits per heavy atom. The minimum Gasteiger partial charge on any atom is -0.494 e. The van der Waals surface area contributed by atoms with Crippen LogP contribution in [0.3, 0.4) is 0 Å². The van der Waals surface area contributed by atoms with E-state index >= 15 is 0 Å². The average Bonchev–Trinajstić information content (AvgIpc) is 3.09. The number of para-hydroxylation sites is 1. The largest absolute Gasteiger partial charge is 0.494 e. The zero-order chi connectivity index (χ0) is 21.0. The Kier molecular flexibility index (Phi) is 4.18. The molecule has 4 aromatic rings. The van der Waals surface area contributed by atoms with E-state index in [9.17, 15) is 19.5 Å². The van der Waals surface area contributed by atoms with Crippen LogP contribution in [-0.2, 0) is 20.5 Å².